The third-order valence-corrected chi connectivity index (χ3v) is 4.25. The number of ether oxygens (including phenoxy) is 1. The Bertz CT molecular complexity index is 894. The molecule has 0 unspecified atom stereocenters. The normalized spacial score (nSPS) is 15.8. The molecule has 5 nitrogen and oxygen atoms in total. The van der Waals surface area contributed by atoms with Crippen LogP contribution in [0.15, 0.2) is 72.9 Å². The minimum absolute atomic E-state index is 0.0553. The number of hydrogen-bond acceptors (Lipinski definition) is 4. The minimum Gasteiger partial charge on any atom is -0.497 e. The van der Waals surface area contributed by atoms with Gasteiger partial charge in [0.1, 0.15) is 17.7 Å². The molecule has 25 heavy (non-hydrogen) atoms. The van der Waals surface area contributed by atoms with Gasteiger partial charge in [0.05, 0.1) is 7.11 Å². The molecule has 0 fully saturated rings. The molecule has 1 aliphatic heterocycles. The molecule has 0 aliphatic carbocycles. The molecule has 0 saturated heterocycles. The van der Waals surface area contributed by atoms with Gasteiger partial charge in [-0.2, -0.15) is 0 Å². The highest BCUT2D eigenvalue weighted by Crippen LogP contribution is 2.37. The Hall–Kier alpha value is -3.34. The molecular formula is C20H17N3O2. The summed E-state index contributed by atoms with van der Waals surface area (Å²) >= 11 is 0. The average molecular weight is 331 g/mol. The second-order valence-electron chi connectivity index (χ2n) is 5.73. The molecule has 0 radical (unpaired) electrons. The number of fused-ring (bicyclic) bond motifs is 1. The van der Waals surface area contributed by atoms with Gasteiger partial charge in [0.15, 0.2) is 0 Å². The Labute approximate surface area is 145 Å². The molecule has 0 bridgehead atoms. The molecule has 1 amide bonds. The number of methoxy groups -OCH3 is 1. The summed E-state index contributed by atoms with van der Waals surface area (Å²) in [5.41, 5.74) is 2.53. The summed E-state index contributed by atoms with van der Waals surface area (Å²) in [6, 6.07) is 20.8. The van der Waals surface area contributed by atoms with Crippen LogP contribution in [0.1, 0.15) is 22.1 Å². The van der Waals surface area contributed by atoms with Gasteiger partial charge < -0.3 is 10.1 Å². The first-order chi connectivity index (χ1) is 12.3. The summed E-state index contributed by atoms with van der Waals surface area (Å²) < 4.78 is 5.20. The van der Waals surface area contributed by atoms with Crippen molar-refractivity contribution in [2.24, 2.45) is 0 Å². The fourth-order valence-electron chi connectivity index (χ4n) is 3.04. The van der Waals surface area contributed by atoms with Crippen molar-refractivity contribution in [3.8, 4) is 5.75 Å². The Morgan fingerprint density at radius 2 is 1.76 bits per heavy atom. The van der Waals surface area contributed by atoms with E-state index in [4.69, 9.17) is 4.74 Å². The van der Waals surface area contributed by atoms with Crippen molar-refractivity contribution in [2.45, 2.75) is 6.17 Å². The van der Waals surface area contributed by atoms with Gasteiger partial charge in [-0.15, -0.1) is 0 Å². The predicted molar refractivity (Wildman–Crippen MR) is 96.8 cm³/mol. The van der Waals surface area contributed by atoms with Crippen LogP contribution in [0.5, 0.6) is 5.75 Å². The van der Waals surface area contributed by atoms with E-state index in [9.17, 15) is 4.79 Å². The van der Waals surface area contributed by atoms with E-state index in [2.05, 4.69) is 10.3 Å². The fourth-order valence-corrected chi connectivity index (χ4v) is 3.04. The number of anilines is 2. The van der Waals surface area contributed by atoms with Gasteiger partial charge in [0.25, 0.3) is 5.91 Å². The summed E-state index contributed by atoms with van der Waals surface area (Å²) in [6.45, 7) is 0. The second-order valence-corrected chi connectivity index (χ2v) is 5.73. The van der Waals surface area contributed by atoms with Gasteiger partial charge in [0.2, 0.25) is 0 Å². The van der Waals surface area contributed by atoms with Crippen molar-refractivity contribution in [3.63, 3.8) is 0 Å². The highest BCUT2D eigenvalue weighted by molar-refractivity contribution is 6.10. The lowest BCUT2D eigenvalue weighted by atomic mass is 10.1. The van der Waals surface area contributed by atoms with Crippen LogP contribution in [0, 0.1) is 0 Å². The molecule has 3 aromatic rings. The van der Waals surface area contributed by atoms with Crippen LogP contribution in [0.4, 0.5) is 11.5 Å². The number of hydrogen-bond donors (Lipinski definition) is 1. The molecular weight excluding hydrogens is 314 g/mol. The van der Waals surface area contributed by atoms with Gasteiger partial charge in [0, 0.05) is 23.0 Å². The maximum atomic E-state index is 12.9. The van der Waals surface area contributed by atoms with Crippen LogP contribution in [-0.4, -0.2) is 18.0 Å². The SMILES string of the molecule is COc1ccc(N[C@@H]2c3ccccc3C(=O)N2c2ccccn2)cc1. The summed E-state index contributed by atoms with van der Waals surface area (Å²) in [7, 11) is 1.64. The Morgan fingerprint density at radius 3 is 2.48 bits per heavy atom. The van der Waals surface area contributed by atoms with Crippen molar-refractivity contribution in [1.82, 2.24) is 4.98 Å². The quantitative estimate of drug-likeness (QED) is 0.789. The lowest BCUT2D eigenvalue weighted by molar-refractivity contribution is 0.0992. The second kappa shape index (κ2) is 6.28. The van der Waals surface area contributed by atoms with Crippen LogP contribution < -0.4 is 15.0 Å². The molecule has 124 valence electrons. The van der Waals surface area contributed by atoms with Crippen LogP contribution in [-0.2, 0) is 0 Å². The van der Waals surface area contributed by atoms with Gasteiger partial charge >= 0.3 is 0 Å². The number of carbonyl (C=O) groups is 1. The molecule has 0 saturated carbocycles. The van der Waals surface area contributed by atoms with Gasteiger partial charge in [-0.1, -0.05) is 24.3 Å². The number of nitrogens with one attached hydrogen (secondary N) is 1. The molecule has 1 aromatic heterocycles. The van der Waals surface area contributed by atoms with E-state index in [1.54, 1.807) is 18.2 Å². The van der Waals surface area contributed by atoms with E-state index < -0.39 is 0 Å². The van der Waals surface area contributed by atoms with Gasteiger partial charge in [-0.25, -0.2) is 4.98 Å². The molecule has 1 N–H and O–H groups in total. The van der Waals surface area contributed by atoms with Crippen LogP contribution in [0.2, 0.25) is 0 Å². The topological polar surface area (TPSA) is 54.5 Å². The highest BCUT2D eigenvalue weighted by Gasteiger charge is 2.38. The van der Waals surface area contributed by atoms with E-state index >= 15 is 0 Å². The molecule has 5 heteroatoms. The molecule has 1 atom stereocenters. The fraction of sp³-hybridized carbons (Fsp3) is 0.100. The molecule has 1 aliphatic rings. The zero-order chi connectivity index (χ0) is 17.2. The molecule has 0 spiro atoms. The highest BCUT2D eigenvalue weighted by atomic mass is 16.5. The average Bonchev–Trinajstić information content (AvgIpc) is 2.95. The van der Waals surface area contributed by atoms with E-state index in [-0.39, 0.29) is 12.1 Å². The van der Waals surface area contributed by atoms with Crippen LogP contribution in [0.3, 0.4) is 0 Å². The smallest absolute Gasteiger partial charge is 0.261 e. The molecule has 4 rings (SSSR count). The van der Waals surface area contributed by atoms with Crippen LogP contribution in [0.25, 0.3) is 0 Å². The maximum absolute atomic E-state index is 12.9. The number of nitrogens with zero attached hydrogens (tertiary/aromatic N) is 2. The standard InChI is InChI=1S/C20H17N3O2/c1-25-15-11-9-14(10-12-15)22-19-16-6-2-3-7-17(16)20(24)23(19)18-8-4-5-13-21-18/h2-13,19,22H,1H3/t19-/m0/s1. The number of aromatic nitrogens is 1. The number of pyridine rings is 1. The third kappa shape index (κ3) is 2.70. The Morgan fingerprint density at radius 1 is 1.00 bits per heavy atom. The number of carbonyl (C=O) groups excluding carboxylic acids is 1. The Kier molecular flexibility index (Phi) is 3.82. The zero-order valence-corrected chi connectivity index (χ0v) is 13.7. The first kappa shape index (κ1) is 15.2. The molecule has 2 aromatic carbocycles. The number of amides is 1. The van der Waals surface area contributed by atoms with Gasteiger partial charge in [-0.05, 0) is 42.5 Å². The minimum atomic E-state index is -0.313. The summed E-state index contributed by atoms with van der Waals surface area (Å²) in [6.07, 6.45) is 1.38. The molecule has 2 heterocycles. The largest absolute Gasteiger partial charge is 0.497 e. The predicted octanol–water partition coefficient (Wildman–Crippen LogP) is 3.86. The number of benzene rings is 2. The van der Waals surface area contributed by atoms with Crippen molar-refractivity contribution in [2.75, 3.05) is 17.3 Å². The third-order valence-electron chi connectivity index (χ3n) is 4.25. The van der Waals surface area contributed by atoms with Crippen molar-refractivity contribution in [3.05, 3.63) is 84.1 Å². The lowest BCUT2D eigenvalue weighted by Crippen LogP contribution is -2.32. The summed E-state index contributed by atoms with van der Waals surface area (Å²) in [5, 5.41) is 3.44. The van der Waals surface area contributed by atoms with Crippen molar-refractivity contribution >= 4 is 17.4 Å². The Balaban J connectivity index is 1.74. The van der Waals surface area contributed by atoms with Crippen molar-refractivity contribution in [1.29, 1.82) is 0 Å². The van der Waals surface area contributed by atoms with Crippen molar-refractivity contribution < 1.29 is 9.53 Å². The van der Waals surface area contributed by atoms with Crippen LogP contribution >= 0.6 is 0 Å². The summed E-state index contributed by atoms with van der Waals surface area (Å²) in [4.78, 5) is 19.0. The zero-order valence-electron chi connectivity index (χ0n) is 13.7. The van der Waals surface area contributed by atoms with E-state index in [1.807, 2.05) is 66.7 Å². The first-order valence-electron chi connectivity index (χ1n) is 8.02. The first-order valence-corrected chi connectivity index (χ1v) is 8.02. The summed E-state index contributed by atoms with van der Waals surface area (Å²) in [5.74, 6) is 1.35. The lowest BCUT2D eigenvalue weighted by Gasteiger charge is -2.26. The van der Waals surface area contributed by atoms with E-state index in [1.165, 1.54) is 0 Å². The number of rotatable bonds is 4. The van der Waals surface area contributed by atoms with Gasteiger partial charge in [-0.3, -0.25) is 9.69 Å². The monoisotopic (exact) mass is 331 g/mol. The van der Waals surface area contributed by atoms with E-state index in [0.29, 0.717) is 11.4 Å². The maximum Gasteiger partial charge on any atom is 0.261 e. The van der Waals surface area contributed by atoms with E-state index in [0.717, 1.165) is 17.0 Å².